The summed E-state index contributed by atoms with van der Waals surface area (Å²) in [5.74, 6) is 2.91. The highest BCUT2D eigenvalue weighted by Gasteiger charge is 2.51. The van der Waals surface area contributed by atoms with E-state index >= 15 is 0 Å². The summed E-state index contributed by atoms with van der Waals surface area (Å²) in [6.07, 6.45) is 8.80. The van der Waals surface area contributed by atoms with E-state index in [4.69, 9.17) is 0 Å². The van der Waals surface area contributed by atoms with Crippen molar-refractivity contribution in [2.75, 3.05) is 0 Å². The molecule has 0 saturated heterocycles. The van der Waals surface area contributed by atoms with E-state index in [2.05, 4.69) is 31.2 Å². The third kappa shape index (κ3) is 1.30. The van der Waals surface area contributed by atoms with Crippen LogP contribution in [0.4, 0.5) is 0 Å². The molecule has 4 unspecified atom stereocenters. The van der Waals surface area contributed by atoms with Crippen LogP contribution in [0.2, 0.25) is 0 Å². The van der Waals surface area contributed by atoms with Gasteiger partial charge in [-0.3, -0.25) is 0 Å². The van der Waals surface area contributed by atoms with Crippen LogP contribution in [0.5, 0.6) is 0 Å². The van der Waals surface area contributed by atoms with Crippen LogP contribution >= 0.6 is 0 Å². The Labute approximate surface area is 104 Å². The van der Waals surface area contributed by atoms with Gasteiger partial charge in [-0.1, -0.05) is 37.6 Å². The fourth-order valence-electron chi connectivity index (χ4n) is 5.29. The molecule has 0 heterocycles. The van der Waals surface area contributed by atoms with Crippen molar-refractivity contribution in [2.24, 2.45) is 17.3 Å². The molecule has 0 spiro atoms. The SMILES string of the molecule is CC12CCCC1C1Cc3ccccc3C1CC2. The van der Waals surface area contributed by atoms with E-state index in [9.17, 15) is 0 Å². The Bertz CT molecular complexity index is 447. The van der Waals surface area contributed by atoms with E-state index in [1.165, 1.54) is 38.5 Å². The van der Waals surface area contributed by atoms with Gasteiger partial charge in [-0.15, -0.1) is 0 Å². The molecule has 4 atom stereocenters. The fourth-order valence-corrected chi connectivity index (χ4v) is 5.29. The molecule has 3 aliphatic rings. The predicted octanol–water partition coefficient (Wildman–Crippen LogP) is 4.54. The van der Waals surface area contributed by atoms with E-state index in [0.29, 0.717) is 5.41 Å². The first-order chi connectivity index (χ1) is 8.28. The first-order valence-corrected chi connectivity index (χ1v) is 7.36. The number of hydrogen-bond acceptors (Lipinski definition) is 0. The van der Waals surface area contributed by atoms with Crippen LogP contribution in [0.3, 0.4) is 0 Å². The summed E-state index contributed by atoms with van der Waals surface area (Å²) in [6.45, 7) is 2.57. The number of hydrogen-bond donors (Lipinski definition) is 0. The summed E-state index contributed by atoms with van der Waals surface area (Å²) in [5, 5.41) is 0. The number of benzene rings is 1. The van der Waals surface area contributed by atoms with Crippen molar-refractivity contribution in [2.45, 2.75) is 51.4 Å². The van der Waals surface area contributed by atoms with Crippen molar-refractivity contribution >= 4 is 0 Å². The molecule has 0 bridgehead atoms. The summed E-state index contributed by atoms with van der Waals surface area (Å²) in [5.41, 5.74) is 4.06. The molecule has 0 nitrogen and oxygen atoms in total. The Hall–Kier alpha value is -0.780. The van der Waals surface area contributed by atoms with Gasteiger partial charge in [0.2, 0.25) is 0 Å². The van der Waals surface area contributed by atoms with Crippen molar-refractivity contribution in [1.29, 1.82) is 0 Å². The lowest BCUT2D eigenvalue weighted by Crippen LogP contribution is -2.35. The van der Waals surface area contributed by atoms with Crippen molar-refractivity contribution in [3.8, 4) is 0 Å². The van der Waals surface area contributed by atoms with Crippen LogP contribution in [0, 0.1) is 17.3 Å². The summed E-state index contributed by atoms with van der Waals surface area (Å²) in [4.78, 5) is 0. The van der Waals surface area contributed by atoms with E-state index in [-0.39, 0.29) is 0 Å². The predicted molar refractivity (Wildman–Crippen MR) is 71.1 cm³/mol. The molecular weight excluding hydrogens is 204 g/mol. The van der Waals surface area contributed by atoms with E-state index in [1.54, 1.807) is 11.1 Å². The summed E-state index contributed by atoms with van der Waals surface area (Å²) in [6, 6.07) is 9.24. The van der Waals surface area contributed by atoms with Crippen LogP contribution in [0.15, 0.2) is 24.3 Å². The topological polar surface area (TPSA) is 0 Å². The van der Waals surface area contributed by atoms with Gasteiger partial charge in [0.1, 0.15) is 0 Å². The Morgan fingerprint density at radius 1 is 1.12 bits per heavy atom. The average molecular weight is 226 g/mol. The Morgan fingerprint density at radius 3 is 2.94 bits per heavy atom. The zero-order valence-electron chi connectivity index (χ0n) is 10.8. The van der Waals surface area contributed by atoms with Gasteiger partial charge in [0.15, 0.2) is 0 Å². The highest BCUT2D eigenvalue weighted by molar-refractivity contribution is 5.37. The second-order valence-corrected chi connectivity index (χ2v) is 6.86. The first-order valence-electron chi connectivity index (χ1n) is 7.36. The molecule has 4 rings (SSSR count). The maximum absolute atomic E-state index is 2.57. The molecule has 0 radical (unpaired) electrons. The number of fused-ring (bicyclic) bond motifs is 5. The van der Waals surface area contributed by atoms with Gasteiger partial charge < -0.3 is 0 Å². The molecule has 3 aliphatic carbocycles. The van der Waals surface area contributed by atoms with Crippen LogP contribution in [-0.2, 0) is 6.42 Å². The zero-order valence-corrected chi connectivity index (χ0v) is 10.8. The van der Waals surface area contributed by atoms with E-state index < -0.39 is 0 Å². The third-order valence-corrected chi connectivity index (χ3v) is 6.13. The van der Waals surface area contributed by atoms with Crippen molar-refractivity contribution in [3.63, 3.8) is 0 Å². The minimum Gasteiger partial charge on any atom is -0.0620 e. The molecule has 1 aromatic rings. The normalized spacial score (nSPS) is 43.0. The second kappa shape index (κ2) is 3.37. The summed E-state index contributed by atoms with van der Waals surface area (Å²) < 4.78 is 0. The highest BCUT2D eigenvalue weighted by Crippen LogP contribution is 2.61. The molecule has 2 saturated carbocycles. The maximum Gasteiger partial charge on any atom is -0.0125 e. The molecular formula is C17H22. The lowest BCUT2D eigenvalue weighted by atomic mass is 9.61. The minimum absolute atomic E-state index is 0.698. The van der Waals surface area contributed by atoms with Crippen LogP contribution in [0.1, 0.15) is 56.1 Å². The monoisotopic (exact) mass is 226 g/mol. The third-order valence-electron chi connectivity index (χ3n) is 6.13. The molecule has 0 heteroatoms. The first kappa shape index (κ1) is 10.2. The summed E-state index contributed by atoms with van der Waals surface area (Å²) in [7, 11) is 0. The largest absolute Gasteiger partial charge is 0.0620 e. The summed E-state index contributed by atoms with van der Waals surface area (Å²) >= 11 is 0. The smallest absolute Gasteiger partial charge is 0.0125 e. The number of rotatable bonds is 0. The van der Waals surface area contributed by atoms with Crippen molar-refractivity contribution in [1.82, 2.24) is 0 Å². The van der Waals surface area contributed by atoms with Gasteiger partial charge in [0, 0.05) is 0 Å². The van der Waals surface area contributed by atoms with Gasteiger partial charge in [0.25, 0.3) is 0 Å². The van der Waals surface area contributed by atoms with Crippen molar-refractivity contribution in [3.05, 3.63) is 35.4 Å². The molecule has 2 fully saturated rings. The molecule has 0 amide bonds. The standard InChI is InChI=1S/C17H22/c1-17-9-4-7-16(17)15-11-12-5-2-3-6-13(12)14(15)8-10-17/h2-3,5-6,14-16H,4,7-11H2,1H3. The molecule has 0 N–H and O–H groups in total. The van der Waals surface area contributed by atoms with Crippen molar-refractivity contribution < 1.29 is 0 Å². The Morgan fingerprint density at radius 2 is 2.00 bits per heavy atom. The molecule has 0 aromatic heterocycles. The van der Waals surface area contributed by atoms with Crippen LogP contribution in [0.25, 0.3) is 0 Å². The molecule has 90 valence electrons. The van der Waals surface area contributed by atoms with Gasteiger partial charge in [-0.25, -0.2) is 0 Å². The van der Waals surface area contributed by atoms with Crippen LogP contribution in [-0.4, -0.2) is 0 Å². The van der Waals surface area contributed by atoms with Gasteiger partial charge >= 0.3 is 0 Å². The quantitative estimate of drug-likeness (QED) is 0.609. The Balaban J connectivity index is 1.74. The van der Waals surface area contributed by atoms with Crippen LogP contribution < -0.4 is 0 Å². The van der Waals surface area contributed by atoms with E-state index in [1.807, 2.05) is 0 Å². The maximum atomic E-state index is 2.57. The lowest BCUT2D eigenvalue weighted by Gasteiger charge is -2.44. The zero-order chi connectivity index (χ0) is 11.5. The average Bonchev–Trinajstić information content (AvgIpc) is 2.88. The molecule has 17 heavy (non-hydrogen) atoms. The van der Waals surface area contributed by atoms with Gasteiger partial charge in [-0.05, 0) is 66.4 Å². The van der Waals surface area contributed by atoms with Gasteiger partial charge in [-0.2, -0.15) is 0 Å². The second-order valence-electron chi connectivity index (χ2n) is 6.86. The molecule has 0 aliphatic heterocycles. The lowest BCUT2D eigenvalue weighted by molar-refractivity contribution is 0.0789. The minimum atomic E-state index is 0.698. The van der Waals surface area contributed by atoms with E-state index in [0.717, 1.165) is 17.8 Å². The Kier molecular flexibility index (Phi) is 2.02. The highest BCUT2D eigenvalue weighted by atomic mass is 14.6. The molecule has 1 aromatic carbocycles. The fraction of sp³-hybridized carbons (Fsp3) is 0.647. The van der Waals surface area contributed by atoms with Gasteiger partial charge in [0.05, 0.1) is 0 Å².